The van der Waals surface area contributed by atoms with Gasteiger partial charge in [-0.2, -0.15) is 0 Å². The van der Waals surface area contributed by atoms with E-state index < -0.39 is 23.9 Å². The summed E-state index contributed by atoms with van der Waals surface area (Å²) in [4.78, 5) is 29.7. The molecule has 0 aliphatic rings. The van der Waals surface area contributed by atoms with Crippen molar-refractivity contribution in [2.45, 2.75) is 25.3 Å². The van der Waals surface area contributed by atoms with E-state index in [4.69, 9.17) is 26.2 Å². The molecule has 0 fully saturated rings. The van der Waals surface area contributed by atoms with Crippen molar-refractivity contribution < 1.29 is 34.8 Å². The van der Waals surface area contributed by atoms with Crippen molar-refractivity contribution in [2.24, 2.45) is 5.73 Å². The van der Waals surface area contributed by atoms with Gasteiger partial charge in [-0.05, 0) is 24.1 Å². The van der Waals surface area contributed by atoms with E-state index in [1.807, 2.05) is 0 Å². The van der Waals surface area contributed by atoms with Gasteiger partial charge in [0.1, 0.15) is 11.8 Å². The number of rotatable bonds is 6. The molecule has 1 aromatic carbocycles. The largest absolute Gasteiger partial charge is 0.508 e. The first-order valence-corrected chi connectivity index (χ1v) is 5.92. The number of aromatic hydroxyl groups is 1. The molecule has 0 amide bonds. The van der Waals surface area contributed by atoms with Crippen LogP contribution in [-0.2, 0) is 20.8 Å². The van der Waals surface area contributed by atoms with Crippen molar-refractivity contribution in [3.05, 3.63) is 29.8 Å². The molecule has 116 valence electrons. The maximum atomic E-state index is 10.4. The third kappa shape index (κ3) is 9.91. The number of nitrogens with two attached hydrogens (primary N) is 1. The summed E-state index contributed by atoms with van der Waals surface area (Å²) in [6.07, 6.45) is -0.319. The number of phenols is 1. The molecule has 0 aliphatic carbocycles. The smallest absolute Gasteiger partial charge is 0.320 e. The minimum atomic E-state index is -1.08. The topological polar surface area (TPSA) is 158 Å². The molecular weight excluding hydrogens is 282 g/mol. The summed E-state index contributed by atoms with van der Waals surface area (Å²) in [6.45, 7) is 0. The first-order chi connectivity index (χ1) is 9.72. The fourth-order valence-electron chi connectivity index (χ4n) is 1.19. The van der Waals surface area contributed by atoms with Crippen LogP contribution in [0.25, 0.3) is 0 Å². The highest BCUT2D eigenvalue weighted by Crippen LogP contribution is 2.10. The first-order valence-electron chi connectivity index (χ1n) is 5.92. The van der Waals surface area contributed by atoms with Crippen LogP contribution in [0.5, 0.6) is 5.75 Å². The van der Waals surface area contributed by atoms with Gasteiger partial charge in [-0.1, -0.05) is 12.1 Å². The Kier molecular flexibility index (Phi) is 8.16. The van der Waals surface area contributed by atoms with Gasteiger partial charge in [0.05, 0.1) is 12.8 Å². The van der Waals surface area contributed by atoms with Crippen LogP contribution >= 0.6 is 0 Å². The molecule has 0 heterocycles. The van der Waals surface area contributed by atoms with Crippen LogP contribution in [0.3, 0.4) is 0 Å². The molecule has 0 spiro atoms. The van der Waals surface area contributed by atoms with Gasteiger partial charge in [-0.3, -0.25) is 14.4 Å². The van der Waals surface area contributed by atoms with Crippen LogP contribution in [-0.4, -0.2) is 44.4 Å². The number of aliphatic carboxylic acids is 3. The molecule has 1 rings (SSSR count). The summed E-state index contributed by atoms with van der Waals surface area (Å²) in [5.74, 6) is -3.01. The normalized spacial score (nSPS) is 10.9. The minimum Gasteiger partial charge on any atom is -0.508 e. The lowest BCUT2D eigenvalue weighted by atomic mass is 10.1. The van der Waals surface area contributed by atoms with Crippen LogP contribution in [0.4, 0.5) is 0 Å². The van der Waals surface area contributed by atoms with Crippen molar-refractivity contribution in [1.29, 1.82) is 0 Å². The Morgan fingerprint density at radius 3 is 1.71 bits per heavy atom. The maximum Gasteiger partial charge on any atom is 0.320 e. The van der Waals surface area contributed by atoms with E-state index in [9.17, 15) is 14.4 Å². The van der Waals surface area contributed by atoms with Crippen LogP contribution < -0.4 is 5.73 Å². The second-order valence-corrected chi connectivity index (χ2v) is 4.10. The third-order valence-corrected chi connectivity index (χ3v) is 2.26. The molecule has 0 aromatic heterocycles. The number of carboxylic acid groups (broad SMARTS) is 3. The summed E-state index contributed by atoms with van der Waals surface area (Å²) < 4.78 is 0. The van der Waals surface area contributed by atoms with E-state index in [1.54, 1.807) is 12.1 Å². The Morgan fingerprint density at radius 2 is 1.38 bits per heavy atom. The number of benzene rings is 1. The third-order valence-electron chi connectivity index (χ3n) is 2.26. The van der Waals surface area contributed by atoms with E-state index in [2.05, 4.69) is 0 Å². The van der Waals surface area contributed by atoms with Gasteiger partial charge in [0, 0.05) is 0 Å². The molecule has 0 saturated carbocycles. The van der Waals surface area contributed by atoms with Gasteiger partial charge in [0.15, 0.2) is 0 Å². The summed E-state index contributed by atoms with van der Waals surface area (Å²) >= 11 is 0. The Hall–Kier alpha value is -2.61. The lowest BCUT2D eigenvalue weighted by Crippen LogP contribution is -2.32. The fraction of sp³-hybridized carbons (Fsp3) is 0.308. The Bertz CT molecular complexity index is 470. The predicted molar refractivity (Wildman–Crippen MR) is 71.9 cm³/mol. The standard InChI is InChI=1S/C9H11NO3.C4H6O4/c10-8(9(12)13)5-6-1-3-7(11)4-2-6;5-3(6)1-2-4(7)8/h1-4,8,11H,5,10H2,(H,12,13);1-2H2,(H,5,6)(H,7,8). The Morgan fingerprint density at radius 1 is 0.952 bits per heavy atom. The van der Waals surface area contributed by atoms with Crippen molar-refractivity contribution in [3.8, 4) is 5.75 Å². The van der Waals surface area contributed by atoms with Crippen LogP contribution in [0.2, 0.25) is 0 Å². The summed E-state index contributed by atoms with van der Waals surface area (Å²) in [5.41, 5.74) is 6.12. The SMILES string of the molecule is NC(Cc1ccc(O)cc1)C(=O)O.O=C(O)CCC(=O)O. The van der Waals surface area contributed by atoms with Gasteiger partial charge in [0.25, 0.3) is 0 Å². The van der Waals surface area contributed by atoms with Crippen molar-refractivity contribution in [3.63, 3.8) is 0 Å². The molecule has 21 heavy (non-hydrogen) atoms. The van der Waals surface area contributed by atoms with Crippen LogP contribution in [0.1, 0.15) is 18.4 Å². The zero-order valence-electron chi connectivity index (χ0n) is 11.1. The van der Waals surface area contributed by atoms with Gasteiger partial charge < -0.3 is 26.2 Å². The average Bonchev–Trinajstić information content (AvgIpc) is 2.39. The lowest BCUT2D eigenvalue weighted by Gasteiger charge is -2.05. The van der Waals surface area contributed by atoms with Crippen molar-refractivity contribution in [2.75, 3.05) is 0 Å². The molecule has 0 saturated heterocycles. The highest BCUT2D eigenvalue weighted by Gasteiger charge is 2.11. The summed E-state index contributed by atoms with van der Waals surface area (Å²) in [5, 5.41) is 33.3. The second kappa shape index (κ2) is 9.32. The molecule has 1 atom stereocenters. The number of hydrogen-bond acceptors (Lipinski definition) is 5. The van der Waals surface area contributed by atoms with Gasteiger partial charge in [0.2, 0.25) is 0 Å². The number of phenolic OH excluding ortho intramolecular Hbond substituents is 1. The molecule has 1 unspecified atom stereocenters. The fourth-order valence-corrected chi connectivity index (χ4v) is 1.19. The molecule has 0 radical (unpaired) electrons. The quantitative estimate of drug-likeness (QED) is 0.501. The average molecular weight is 299 g/mol. The van der Waals surface area contributed by atoms with E-state index in [0.717, 1.165) is 5.56 Å². The van der Waals surface area contributed by atoms with E-state index in [0.29, 0.717) is 0 Å². The first kappa shape index (κ1) is 18.4. The van der Waals surface area contributed by atoms with E-state index >= 15 is 0 Å². The number of carbonyl (C=O) groups is 3. The lowest BCUT2D eigenvalue weighted by molar-refractivity contribution is -0.143. The molecular formula is C13H17NO7. The Labute approximate surface area is 120 Å². The zero-order valence-corrected chi connectivity index (χ0v) is 11.1. The van der Waals surface area contributed by atoms with Crippen LogP contribution in [0.15, 0.2) is 24.3 Å². The molecule has 1 aromatic rings. The monoisotopic (exact) mass is 299 g/mol. The van der Waals surface area contributed by atoms with Crippen molar-refractivity contribution in [1.82, 2.24) is 0 Å². The molecule has 0 bridgehead atoms. The highest BCUT2D eigenvalue weighted by molar-refractivity contribution is 5.75. The highest BCUT2D eigenvalue weighted by atomic mass is 16.4. The van der Waals surface area contributed by atoms with Crippen molar-refractivity contribution >= 4 is 17.9 Å². The zero-order chi connectivity index (χ0) is 16.4. The molecule has 0 aliphatic heterocycles. The van der Waals surface area contributed by atoms with E-state index in [1.165, 1.54) is 12.1 Å². The van der Waals surface area contributed by atoms with Gasteiger partial charge in [-0.15, -0.1) is 0 Å². The minimum absolute atomic E-state index is 0.160. The van der Waals surface area contributed by atoms with Crippen LogP contribution in [0, 0.1) is 0 Å². The molecule has 6 N–H and O–H groups in total. The number of carboxylic acids is 3. The predicted octanol–water partition coefficient (Wildman–Crippen LogP) is 0.282. The Balaban J connectivity index is 0.000000433. The van der Waals surface area contributed by atoms with Gasteiger partial charge >= 0.3 is 17.9 Å². The molecule has 8 heteroatoms. The maximum absolute atomic E-state index is 10.4. The van der Waals surface area contributed by atoms with E-state index in [-0.39, 0.29) is 25.0 Å². The molecule has 8 nitrogen and oxygen atoms in total. The summed E-state index contributed by atoms with van der Waals surface area (Å²) in [6, 6.07) is 5.42. The van der Waals surface area contributed by atoms with Gasteiger partial charge in [-0.25, -0.2) is 0 Å². The number of hydrogen-bond donors (Lipinski definition) is 5. The second-order valence-electron chi connectivity index (χ2n) is 4.10. The summed E-state index contributed by atoms with van der Waals surface area (Å²) in [7, 11) is 0.